The molecule has 3 heterocycles. The molecule has 0 saturated carbocycles. The van der Waals surface area contributed by atoms with E-state index >= 15 is 0 Å². The van der Waals surface area contributed by atoms with E-state index in [1.165, 1.54) is 12.8 Å². The zero-order valence-corrected chi connectivity index (χ0v) is 12.4. The van der Waals surface area contributed by atoms with Gasteiger partial charge in [-0.1, -0.05) is 0 Å². The molecule has 2 fully saturated rings. The van der Waals surface area contributed by atoms with Crippen LogP contribution in [0, 0.1) is 6.92 Å². The van der Waals surface area contributed by atoms with Gasteiger partial charge in [-0.3, -0.25) is 9.48 Å². The molecule has 2 aliphatic rings. The van der Waals surface area contributed by atoms with Crippen LogP contribution in [0.4, 0.5) is 0 Å². The van der Waals surface area contributed by atoms with Gasteiger partial charge >= 0.3 is 0 Å². The van der Waals surface area contributed by atoms with Crippen molar-refractivity contribution in [2.75, 3.05) is 7.05 Å². The van der Waals surface area contributed by atoms with Gasteiger partial charge in [-0.25, -0.2) is 0 Å². The number of fused-ring (bicyclic) bond motifs is 2. The van der Waals surface area contributed by atoms with Gasteiger partial charge in [0.05, 0.1) is 0 Å². The summed E-state index contributed by atoms with van der Waals surface area (Å²) < 4.78 is 1.89. The second kappa shape index (κ2) is 5.56. The van der Waals surface area contributed by atoms with Gasteiger partial charge in [0.2, 0.25) is 5.91 Å². The average Bonchev–Trinajstić information content (AvgIpc) is 2.88. The lowest BCUT2D eigenvalue weighted by molar-refractivity contribution is -0.122. The van der Waals surface area contributed by atoms with Gasteiger partial charge in [0.1, 0.15) is 0 Å². The van der Waals surface area contributed by atoms with Crippen LogP contribution in [0.1, 0.15) is 37.8 Å². The van der Waals surface area contributed by atoms with Crippen molar-refractivity contribution in [2.24, 2.45) is 0 Å². The highest BCUT2D eigenvalue weighted by Gasteiger charge is 2.38. The summed E-state index contributed by atoms with van der Waals surface area (Å²) in [4.78, 5) is 14.6. The maximum atomic E-state index is 12.1. The second-order valence-electron chi connectivity index (χ2n) is 6.23. The number of piperidine rings is 1. The lowest BCUT2D eigenvalue weighted by atomic mass is 9.98. The van der Waals surface area contributed by atoms with Crippen LogP contribution in [0.15, 0.2) is 12.3 Å². The second-order valence-corrected chi connectivity index (χ2v) is 6.23. The van der Waals surface area contributed by atoms with E-state index in [0.29, 0.717) is 31.1 Å². The van der Waals surface area contributed by atoms with Gasteiger partial charge in [-0.15, -0.1) is 0 Å². The minimum atomic E-state index is 0.161. The minimum absolute atomic E-state index is 0.161. The number of amides is 1. The van der Waals surface area contributed by atoms with Crippen molar-refractivity contribution in [2.45, 2.75) is 63.7 Å². The molecule has 0 radical (unpaired) electrons. The van der Waals surface area contributed by atoms with Crippen LogP contribution in [0.3, 0.4) is 0 Å². The van der Waals surface area contributed by atoms with Crippen molar-refractivity contribution in [3.63, 3.8) is 0 Å². The maximum Gasteiger partial charge on any atom is 0.222 e. The number of hydrogen-bond acceptors (Lipinski definition) is 3. The highest BCUT2D eigenvalue weighted by atomic mass is 16.1. The van der Waals surface area contributed by atoms with Gasteiger partial charge in [0, 0.05) is 43.0 Å². The summed E-state index contributed by atoms with van der Waals surface area (Å²) in [5.74, 6) is 0.161. The summed E-state index contributed by atoms with van der Waals surface area (Å²) in [6.45, 7) is 2.68. The number of aromatic nitrogens is 2. The number of nitrogens with zero attached hydrogens (tertiary/aromatic N) is 3. The largest absolute Gasteiger partial charge is 0.353 e. The van der Waals surface area contributed by atoms with E-state index in [-0.39, 0.29) is 5.91 Å². The summed E-state index contributed by atoms with van der Waals surface area (Å²) in [7, 11) is 2.22. The first-order valence-electron chi connectivity index (χ1n) is 7.63. The summed E-state index contributed by atoms with van der Waals surface area (Å²) in [5.41, 5.74) is 1.11. The molecule has 1 aromatic rings. The highest BCUT2D eigenvalue weighted by Crippen LogP contribution is 2.34. The van der Waals surface area contributed by atoms with Crippen LogP contribution in [0.5, 0.6) is 0 Å². The Balaban J connectivity index is 1.47. The topological polar surface area (TPSA) is 50.2 Å². The van der Waals surface area contributed by atoms with Crippen LogP contribution in [-0.4, -0.2) is 45.8 Å². The van der Waals surface area contributed by atoms with Crippen molar-refractivity contribution < 1.29 is 4.79 Å². The molecule has 0 spiro atoms. The first kappa shape index (κ1) is 13.6. The molecule has 110 valence electrons. The molecule has 1 N–H and O–H groups in total. The number of hydrogen-bond donors (Lipinski definition) is 1. The SMILES string of the molecule is Cc1ccnn1CCC(=O)NC1CC2CCC(C1)N2C. The monoisotopic (exact) mass is 276 g/mol. The number of aryl methyl sites for hydroxylation is 2. The predicted octanol–water partition coefficient (Wildman–Crippen LogP) is 1.32. The third-order valence-corrected chi connectivity index (χ3v) is 4.94. The third-order valence-electron chi connectivity index (χ3n) is 4.94. The Kier molecular flexibility index (Phi) is 3.78. The lowest BCUT2D eigenvalue weighted by Gasteiger charge is -2.36. The zero-order chi connectivity index (χ0) is 14.1. The van der Waals surface area contributed by atoms with Crippen molar-refractivity contribution in [3.8, 4) is 0 Å². The van der Waals surface area contributed by atoms with E-state index < -0.39 is 0 Å². The molecule has 0 aromatic carbocycles. The molecule has 2 aliphatic heterocycles. The van der Waals surface area contributed by atoms with Gasteiger partial charge in [-0.2, -0.15) is 5.10 Å². The Hall–Kier alpha value is -1.36. The summed E-state index contributed by atoms with van der Waals surface area (Å²) in [6, 6.07) is 3.68. The molecular weight excluding hydrogens is 252 g/mol. The molecule has 2 atom stereocenters. The van der Waals surface area contributed by atoms with Crippen LogP contribution >= 0.6 is 0 Å². The highest BCUT2D eigenvalue weighted by molar-refractivity contribution is 5.76. The molecule has 0 aliphatic carbocycles. The standard InChI is InChI=1S/C15H24N4O/c1-11-5-7-16-19(11)8-6-15(20)17-12-9-13-3-4-14(10-12)18(13)2/h5,7,12-14H,3-4,6,8-10H2,1-2H3,(H,17,20). The van der Waals surface area contributed by atoms with Crippen LogP contribution < -0.4 is 5.32 Å². The molecular formula is C15H24N4O. The predicted molar refractivity (Wildman–Crippen MR) is 77.3 cm³/mol. The lowest BCUT2D eigenvalue weighted by Crippen LogP contribution is -2.48. The van der Waals surface area contributed by atoms with E-state index in [9.17, 15) is 4.79 Å². The molecule has 1 amide bonds. The first-order chi connectivity index (χ1) is 9.63. The summed E-state index contributed by atoms with van der Waals surface area (Å²) >= 11 is 0. The van der Waals surface area contributed by atoms with Gasteiger partial charge < -0.3 is 10.2 Å². The fraction of sp³-hybridized carbons (Fsp3) is 0.733. The van der Waals surface area contributed by atoms with Gasteiger partial charge in [-0.05, 0) is 45.7 Å². The average molecular weight is 276 g/mol. The fourth-order valence-corrected chi connectivity index (χ4v) is 3.67. The van der Waals surface area contributed by atoms with Crippen molar-refractivity contribution in [1.29, 1.82) is 0 Å². The Bertz CT molecular complexity index is 470. The summed E-state index contributed by atoms with van der Waals surface area (Å²) in [5, 5.41) is 7.42. The molecule has 3 rings (SSSR count). The van der Waals surface area contributed by atoms with Crippen molar-refractivity contribution in [1.82, 2.24) is 20.0 Å². The van der Waals surface area contributed by atoms with E-state index in [1.54, 1.807) is 6.20 Å². The Morgan fingerprint density at radius 2 is 2.10 bits per heavy atom. The molecule has 2 saturated heterocycles. The number of carbonyl (C=O) groups excluding carboxylic acids is 1. The van der Waals surface area contributed by atoms with Crippen molar-refractivity contribution in [3.05, 3.63) is 18.0 Å². The Morgan fingerprint density at radius 1 is 1.40 bits per heavy atom. The normalized spacial score (nSPS) is 29.6. The molecule has 1 aromatic heterocycles. The molecule has 5 heteroatoms. The number of rotatable bonds is 4. The van der Waals surface area contributed by atoms with E-state index in [1.807, 2.05) is 17.7 Å². The smallest absolute Gasteiger partial charge is 0.222 e. The number of nitrogens with one attached hydrogen (secondary N) is 1. The Labute approximate surface area is 120 Å². The van der Waals surface area contributed by atoms with Crippen molar-refractivity contribution >= 4 is 5.91 Å². The molecule has 20 heavy (non-hydrogen) atoms. The quantitative estimate of drug-likeness (QED) is 0.902. The Morgan fingerprint density at radius 3 is 2.70 bits per heavy atom. The van der Waals surface area contributed by atoms with E-state index in [2.05, 4.69) is 22.4 Å². The fourth-order valence-electron chi connectivity index (χ4n) is 3.67. The van der Waals surface area contributed by atoms with E-state index in [0.717, 1.165) is 18.5 Å². The van der Waals surface area contributed by atoms with Crippen LogP contribution in [-0.2, 0) is 11.3 Å². The maximum absolute atomic E-state index is 12.1. The molecule has 2 bridgehead atoms. The van der Waals surface area contributed by atoms with Crippen LogP contribution in [0.25, 0.3) is 0 Å². The van der Waals surface area contributed by atoms with Gasteiger partial charge in [0.15, 0.2) is 0 Å². The first-order valence-corrected chi connectivity index (χ1v) is 7.63. The van der Waals surface area contributed by atoms with E-state index in [4.69, 9.17) is 0 Å². The third kappa shape index (κ3) is 2.73. The zero-order valence-electron chi connectivity index (χ0n) is 12.4. The summed E-state index contributed by atoms with van der Waals surface area (Å²) in [6.07, 6.45) is 7.10. The molecule has 5 nitrogen and oxygen atoms in total. The van der Waals surface area contributed by atoms with Gasteiger partial charge in [0.25, 0.3) is 0 Å². The molecule has 2 unspecified atom stereocenters. The minimum Gasteiger partial charge on any atom is -0.353 e. The number of carbonyl (C=O) groups is 1. The van der Waals surface area contributed by atoms with Crippen LogP contribution in [0.2, 0.25) is 0 Å².